The fraction of sp³-hybridized carbons (Fsp3) is 0.758. The highest BCUT2D eigenvalue weighted by molar-refractivity contribution is 5.49. The van der Waals surface area contributed by atoms with Gasteiger partial charge in [-0.15, -0.1) is 0 Å². The largest absolute Gasteiger partial charge is 0.384 e. The predicted molar refractivity (Wildman–Crippen MR) is 158 cm³/mol. The molecule has 6 heteroatoms. The van der Waals surface area contributed by atoms with Crippen molar-refractivity contribution >= 4 is 11.6 Å². The van der Waals surface area contributed by atoms with Crippen LogP contribution >= 0.6 is 0 Å². The molecular weight excluding hydrogens is 480 g/mol. The first kappa shape index (κ1) is 25.7. The van der Waals surface area contributed by atoms with Gasteiger partial charge >= 0.3 is 0 Å². The lowest BCUT2D eigenvalue weighted by atomic mass is 9.33. The van der Waals surface area contributed by atoms with Crippen LogP contribution in [0.15, 0.2) is 17.7 Å². The molecule has 5 aliphatic rings. The maximum Gasteiger partial charge on any atom is 0.122 e. The van der Waals surface area contributed by atoms with Gasteiger partial charge in [-0.3, -0.25) is 10.2 Å². The van der Waals surface area contributed by atoms with Crippen molar-refractivity contribution in [2.75, 3.05) is 11.5 Å². The van der Waals surface area contributed by atoms with Crippen molar-refractivity contribution in [2.45, 2.75) is 117 Å². The lowest BCUT2D eigenvalue weighted by molar-refractivity contribution is -0.154. The molecule has 212 valence electrons. The van der Waals surface area contributed by atoms with Gasteiger partial charge in [-0.05, 0) is 97.2 Å². The van der Waals surface area contributed by atoms with E-state index in [4.69, 9.17) is 21.7 Å². The molecule has 6 nitrogen and oxygen atoms in total. The zero-order chi connectivity index (χ0) is 27.8. The maximum atomic E-state index is 6.52. The van der Waals surface area contributed by atoms with E-state index in [0.29, 0.717) is 29.0 Å². The van der Waals surface area contributed by atoms with Gasteiger partial charge in [-0.1, -0.05) is 60.1 Å². The highest BCUT2D eigenvalue weighted by Crippen LogP contribution is 2.75. The molecule has 2 aromatic heterocycles. The lowest BCUT2D eigenvalue weighted by Crippen LogP contribution is -2.64. The van der Waals surface area contributed by atoms with Gasteiger partial charge in [0.2, 0.25) is 0 Å². The Hall–Kier alpha value is -2.24. The molecule has 0 radical (unpaired) electrons. The van der Waals surface area contributed by atoms with Gasteiger partial charge < -0.3 is 11.5 Å². The molecule has 0 bridgehead atoms. The Balaban J connectivity index is 1.35. The van der Waals surface area contributed by atoms with E-state index in [1.54, 1.807) is 5.57 Å². The normalized spacial score (nSPS) is 43.8. The van der Waals surface area contributed by atoms with Crippen LogP contribution in [0.25, 0.3) is 0 Å². The minimum atomic E-state index is 0.0255. The second-order valence-corrected chi connectivity index (χ2v) is 16.4. The maximum absolute atomic E-state index is 6.52. The first-order chi connectivity index (χ1) is 18.2. The third-order valence-corrected chi connectivity index (χ3v) is 13.9. The summed E-state index contributed by atoms with van der Waals surface area (Å²) in [5.74, 6) is 3.26. The number of aromatic amines is 2. The zero-order valence-corrected chi connectivity index (χ0v) is 25.3. The third-order valence-electron chi connectivity index (χ3n) is 13.9. The average molecular weight is 531 g/mol. The minimum Gasteiger partial charge on any atom is -0.384 e. The highest BCUT2D eigenvalue weighted by atomic mass is 15.2. The number of nitrogens with zero attached hydrogens (tertiary/aromatic N) is 2. The van der Waals surface area contributed by atoms with E-state index in [1.165, 1.54) is 68.3 Å². The SMILES string of the molecule is CC1(C)CC[C@]2(c3cc(N)[nH]n3)CC[C@]3(C)C(=CCC4[C@@]5(C)Cc6c(n[nH]c6N)C(C)(C)C5CC[C@]43C)C2C1. The molecule has 0 aliphatic heterocycles. The van der Waals surface area contributed by atoms with E-state index >= 15 is 0 Å². The average Bonchev–Trinajstić information content (AvgIpc) is 3.45. The van der Waals surface area contributed by atoms with Gasteiger partial charge in [0.15, 0.2) is 0 Å². The lowest BCUT2D eigenvalue weighted by Gasteiger charge is -2.70. The van der Waals surface area contributed by atoms with Crippen LogP contribution in [0.5, 0.6) is 0 Å². The summed E-state index contributed by atoms with van der Waals surface area (Å²) in [6.45, 7) is 17.8. The molecule has 3 unspecified atom stereocenters. The number of rotatable bonds is 1. The molecule has 3 saturated carbocycles. The van der Waals surface area contributed by atoms with Gasteiger partial charge in [0.05, 0.1) is 11.4 Å². The molecule has 39 heavy (non-hydrogen) atoms. The van der Waals surface area contributed by atoms with Gasteiger partial charge in [0.1, 0.15) is 11.6 Å². The monoisotopic (exact) mass is 530 g/mol. The van der Waals surface area contributed by atoms with E-state index < -0.39 is 0 Å². The number of allylic oxidation sites excluding steroid dienone is 2. The molecule has 2 heterocycles. The van der Waals surface area contributed by atoms with E-state index in [2.05, 4.69) is 70.8 Å². The van der Waals surface area contributed by atoms with E-state index in [0.717, 1.165) is 12.2 Å². The molecule has 7 atom stereocenters. The minimum absolute atomic E-state index is 0.0255. The van der Waals surface area contributed by atoms with Crippen LogP contribution in [0, 0.1) is 39.4 Å². The van der Waals surface area contributed by atoms with Crippen LogP contribution in [0.2, 0.25) is 0 Å². The molecular formula is C33H50N6. The smallest absolute Gasteiger partial charge is 0.122 e. The second-order valence-electron chi connectivity index (χ2n) is 16.4. The van der Waals surface area contributed by atoms with Crippen LogP contribution in [0.3, 0.4) is 0 Å². The summed E-state index contributed by atoms with van der Waals surface area (Å²) < 4.78 is 0. The van der Waals surface area contributed by atoms with Crippen LogP contribution in [0.4, 0.5) is 11.6 Å². The Labute approximate surface area is 234 Å². The molecule has 0 saturated heterocycles. The summed E-state index contributed by atoms with van der Waals surface area (Å²) in [6.07, 6.45) is 13.7. The molecule has 0 aromatic carbocycles. The van der Waals surface area contributed by atoms with Gasteiger partial charge in [0, 0.05) is 22.5 Å². The number of nitrogens with one attached hydrogen (secondary N) is 2. The Morgan fingerprint density at radius 1 is 0.872 bits per heavy atom. The van der Waals surface area contributed by atoms with Crippen molar-refractivity contribution in [3.05, 3.63) is 34.7 Å². The number of H-pyrrole nitrogens is 2. The zero-order valence-electron chi connectivity index (χ0n) is 25.3. The Morgan fingerprint density at radius 3 is 2.33 bits per heavy atom. The third kappa shape index (κ3) is 3.04. The number of hydrogen-bond acceptors (Lipinski definition) is 4. The van der Waals surface area contributed by atoms with Crippen LogP contribution in [-0.2, 0) is 17.3 Å². The summed E-state index contributed by atoms with van der Waals surface area (Å²) in [4.78, 5) is 0. The summed E-state index contributed by atoms with van der Waals surface area (Å²) >= 11 is 0. The molecule has 0 amide bonds. The van der Waals surface area contributed by atoms with Crippen molar-refractivity contribution in [1.29, 1.82) is 0 Å². The van der Waals surface area contributed by atoms with Gasteiger partial charge in [-0.25, -0.2) is 0 Å². The number of hydrogen-bond donors (Lipinski definition) is 4. The summed E-state index contributed by atoms with van der Waals surface area (Å²) in [7, 11) is 0. The summed E-state index contributed by atoms with van der Waals surface area (Å²) in [6, 6.07) is 2.14. The number of anilines is 2. The summed E-state index contributed by atoms with van der Waals surface area (Å²) in [5.41, 5.74) is 19.3. The Kier molecular flexibility index (Phi) is 4.96. The standard InChI is InChI=1S/C33H50N6/c1-28(2)12-14-33(24-16-25(34)37-36-24)15-13-31(6)20(21(33)18-28)8-9-23-30(5)17-19-26(38-39-27(19)35)29(3,4)22(30)10-11-32(23,31)7/h8,16,21-23H,9-15,17-18H2,1-7H3,(H3,34,36,37)(H3,35,38,39)/t21?,22?,23?,30-,31+,32+,33-/m0/s1. The molecule has 5 aliphatic carbocycles. The Bertz CT molecular complexity index is 1360. The first-order valence-electron chi connectivity index (χ1n) is 15.5. The topological polar surface area (TPSA) is 109 Å². The molecule has 3 fully saturated rings. The molecule has 2 aromatic rings. The quantitative estimate of drug-likeness (QED) is 0.296. The van der Waals surface area contributed by atoms with Crippen LogP contribution in [-0.4, -0.2) is 20.4 Å². The number of nitrogens with two attached hydrogens (primary N) is 2. The fourth-order valence-electron chi connectivity index (χ4n) is 11.7. The predicted octanol–water partition coefficient (Wildman–Crippen LogP) is 7.06. The number of nitrogen functional groups attached to an aromatic ring is 2. The van der Waals surface area contributed by atoms with Crippen molar-refractivity contribution in [2.24, 2.45) is 39.4 Å². The molecule has 7 rings (SSSR count). The molecule has 6 N–H and O–H groups in total. The van der Waals surface area contributed by atoms with Gasteiger partial charge in [0.25, 0.3) is 0 Å². The van der Waals surface area contributed by atoms with E-state index in [9.17, 15) is 0 Å². The van der Waals surface area contributed by atoms with Gasteiger partial charge in [-0.2, -0.15) is 10.2 Å². The first-order valence-corrected chi connectivity index (χ1v) is 15.5. The second kappa shape index (κ2) is 7.53. The summed E-state index contributed by atoms with van der Waals surface area (Å²) in [5, 5.41) is 15.8. The number of fused-ring (bicyclic) bond motifs is 8. The van der Waals surface area contributed by atoms with E-state index in [-0.39, 0.29) is 27.1 Å². The highest BCUT2D eigenvalue weighted by Gasteiger charge is 2.68. The fourth-order valence-corrected chi connectivity index (χ4v) is 11.7. The van der Waals surface area contributed by atoms with Crippen molar-refractivity contribution in [1.82, 2.24) is 20.4 Å². The van der Waals surface area contributed by atoms with E-state index in [1.807, 2.05) is 0 Å². The van der Waals surface area contributed by atoms with Crippen molar-refractivity contribution < 1.29 is 0 Å². The Morgan fingerprint density at radius 2 is 1.62 bits per heavy atom. The van der Waals surface area contributed by atoms with Crippen LogP contribution in [0.1, 0.15) is 117 Å². The number of aromatic nitrogens is 4. The van der Waals surface area contributed by atoms with Crippen LogP contribution < -0.4 is 11.5 Å². The van der Waals surface area contributed by atoms with Crippen molar-refractivity contribution in [3.8, 4) is 0 Å². The molecule has 0 spiro atoms. The van der Waals surface area contributed by atoms with Crippen molar-refractivity contribution in [3.63, 3.8) is 0 Å².